The van der Waals surface area contributed by atoms with Gasteiger partial charge in [-0.1, -0.05) is 72.8 Å². The fourth-order valence-corrected chi connectivity index (χ4v) is 4.75. The molecule has 2 aliphatic heterocycles. The molecule has 2 amide bonds. The van der Waals surface area contributed by atoms with E-state index in [2.05, 4.69) is 0 Å². The van der Waals surface area contributed by atoms with E-state index in [0.717, 1.165) is 11.1 Å². The van der Waals surface area contributed by atoms with Crippen molar-refractivity contribution in [2.75, 3.05) is 13.2 Å². The number of ether oxygens (including phenoxy) is 2. The number of amides is 2. The van der Waals surface area contributed by atoms with Gasteiger partial charge in [-0.3, -0.25) is 19.2 Å². The van der Waals surface area contributed by atoms with Crippen molar-refractivity contribution in [2.45, 2.75) is 39.8 Å². The second-order valence-electron chi connectivity index (χ2n) is 9.68. The molecular weight excluding hydrogens is 520 g/mol. The van der Waals surface area contributed by atoms with Crippen LogP contribution in [0.1, 0.15) is 37.8 Å². The van der Waals surface area contributed by atoms with Crippen LogP contribution in [-0.2, 0) is 41.7 Å². The largest absolute Gasteiger partial charge is 0.465 e. The van der Waals surface area contributed by atoms with Crippen molar-refractivity contribution in [3.05, 3.63) is 120 Å². The van der Waals surface area contributed by atoms with E-state index in [4.69, 9.17) is 9.47 Å². The zero-order valence-electron chi connectivity index (χ0n) is 23.3. The Bertz CT molecular complexity index is 1280. The van der Waals surface area contributed by atoms with Crippen LogP contribution in [-0.4, -0.2) is 46.8 Å². The van der Waals surface area contributed by atoms with Gasteiger partial charge in [-0.25, -0.2) is 0 Å². The van der Waals surface area contributed by atoms with Crippen molar-refractivity contribution in [2.24, 2.45) is 5.41 Å². The Balaban J connectivity index is 1.66. The number of allylic oxidation sites excluding steroid dienone is 4. The van der Waals surface area contributed by atoms with Gasteiger partial charge in [-0.05, 0) is 50.0 Å². The molecule has 0 spiro atoms. The van der Waals surface area contributed by atoms with E-state index in [1.54, 1.807) is 48.0 Å². The zero-order chi connectivity index (χ0) is 29.2. The molecule has 8 heteroatoms. The van der Waals surface area contributed by atoms with Gasteiger partial charge in [0.1, 0.15) is 0 Å². The molecule has 4 rings (SSSR count). The molecule has 0 bridgehead atoms. The lowest BCUT2D eigenvalue weighted by Gasteiger charge is -2.28. The van der Waals surface area contributed by atoms with Crippen molar-refractivity contribution in [1.82, 2.24) is 9.80 Å². The molecule has 2 aliphatic rings. The van der Waals surface area contributed by atoms with Gasteiger partial charge in [0, 0.05) is 23.5 Å². The van der Waals surface area contributed by atoms with E-state index in [1.807, 2.05) is 60.7 Å². The molecule has 0 radical (unpaired) electrons. The summed E-state index contributed by atoms with van der Waals surface area (Å²) >= 11 is 0. The van der Waals surface area contributed by atoms with Crippen LogP contribution in [0.4, 0.5) is 0 Å². The van der Waals surface area contributed by atoms with E-state index in [9.17, 15) is 19.2 Å². The van der Waals surface area contributed by atoms with Crippen molar-refractivity contribution in [3.8, 4) is 0 Å². The van der Waals surface area contributed by atoms with Crippen molar-refractivity contribution in [3.63, 3.8) is 0 Å². The lowest BCUT2D eigenvalue weighted by molar-refractivity contribution is -0.171. The molecule has 8 nitrogen and oxygen atoms in total. The first kappa shape index (κ1) is 29.3. The van der Waals surface area contributed by atoms with Crippen LogP contribution >= 0.6 is 0 Å². The number of esters is 2. The second-order valence-corrected chi connectivity index (χ2v) is 9.68. The summed E-state index contributed by atoms with van der Waals surface area (Å²) in [6.45, 7) is 4.18. The first-order valence-corrected chi connectivity index (χ1v) is 13.7. The smallest absolute Gasteiger partial charge is 0.324 e. The van der Waals surface area contributed by atoms with Gasteiger partial charge in [0.2, 0.25) is 0 Å². The van der Waals surface area contributed by atoms with Crippen LogP contribution in [0.25, 0.3) is 0 Å². The fraction of sp³-hybridized carbons (Fsp3) is 0.273. The maximum absolute atomic E-state index is 13.5. The molecule has 0 saturated carbocycles. The highest BCUT2D eigenvalue weighted by atomic mass is 16.6. The minimum Gasteiger partial charge on any atom is -0.465 e. The third-order valence-corrected chi connectivity index (χ3v) is 6.97. The average molecular weight is 555 g/mol. The van der Waals surface area contributed by atoms with Crippen molar-refractivity contribution < 1.29 is 28.7 Å². The molecule has 0 fully saturated rings. The molecule has 212 valence electrons. The van der Waals surface area contributed by atoms with Crippen LogP contribution in [0.15, 0.2) is 109 Å². The number of hydrogen-bond donors (Lipinski definition) is 0. The normalized spacial score (nSPS) is 16.7. The summed E-state index contributed by atoms with van der Waals surface area (Å²) in [5.41, 5.74) is 1.32. The minimum atomic E-state index is -1.72. The number of rotatable bonds is 12. The predicted molar refractivity (Wildman–Crippen MR) is 153 cm³/mol. The van der Waals surface area contributed by atoms with E-state index in [1.165, 1.54) is 12.2 Å². The molecule has 2 aromatic carbocycles. The van der Waals surface area contributed by atoms with Gasteiger partial charge in [-0.15, -0.1) is 0 Å². The summed E-state index contributed by atoms with van der Waals surface area (Å²) in [6, 6.07) is 19.1. The van der Waals surface area contributed by atoms with Gasteiger partial charge in [-0.2, -0.15) is 0 Å². The third-order valence-electron chi connectivity index (χ3n) is 6.97. The first-order chi connectivity index (χ1) is 19.9. The Kier molecular flexibility index (Phi) is 9.68. The molecule has 0 saturated heterocycles. The van der Waals surface area contributed by atoms with Crippen LogP contribution in [0.2, 0.25) is 0 Å². The molecule has 41 heavy (non-hydrogen) atoms. The standard InChI is InChI=1S/C33H34N2O6/c1-3-40-31(38)33(32(39)41-4-2,21-19-27-15-17-29(36)34(27)23-25-11-7-5-8-12-25)22-20-28-16-18-30(37)35(28)24-26-13-9-6-10-14-26/h5-20H,3-4,21-24H2,1-2H3/b27-19+,28-20+. The van der Waals surface area contributed by atoms with Gasteiger partial charge in [0.05, 0.1) is 26.3 Å². The SMILES string of the molecule is CCOC(=O)C(C/C=C1\C=CC(=O)N1Cc1ccccc1)(C/C=C1\C=CC(=O)N1Cc1ccccc1)C(=O)OCC. The predicted octanol–water partition coefficient (Wildman–Crippen LogP) is 4.84. The first-order valence-electron chi connectivity index (χ1n) is 13.7. The number of nitrogens with zero attached hydrogens (tertiary/aromatic N) is 2. The van der Waals surface area contributed by atoms with Crippen molar-refractivity contribution >= 4 is 23.8 Å². The lowest BCUT2D eigenvalue weighted by atomic mass is 9.80. The molecule has 2 heterocycles. The summed E-state index contributed by atoms with van der Waals surface area (Å²) in [5.74, 6) is -1.83. The van der Waals surface area contributed by atoms with Crippen LogP contribution in [0.3, 0.4) is 0 Å². The summed E-state index contributed by atoms with van der Waals surface area (Å²) in [5, 5.41) is 0. The zero-order valence-corrected chi connectivity index (χ0v) is 23.3. The monoisotopic (exact) mass is 554 g/mol. The van der Waals surface area contributed by atoms with E-state index in [-0.39, 0.29) is 37.9 Å². The highest BCUT2D eigenvalue weighted by Gasteiger charge is 2.48. The molecule has 0 aromatic heterocycles. The van der Waals surface area contributed by atoms with Gasteiger partial charge in [0.15, 0.2) is 5.41 Å². The molecule has 0 unspecified atom stereocenters. The van der Waals surface area contributed by atoms with Crippen LogP contribution in [0, 0.1) is 5.41 Å². The van der Waals surface area contributed by atoms with Gasteiger partial charge in [0.25, 0.3) is 11.8 Å². The Morgan fingerprint density at radius 2 is 1.05 bits per heavy atom. The highest BCUT2D eigenvalue weighted by Crippen LogP contribution is 2.35. The topological polar surface area (TPSA) is 93.2 Å². The van der Waals surface area contributed by atoms with Crippen LogP contribution in [0.5, 0.6) is 0 Å². The quantitative estimate of drug-likeness (QED) is 0.275. The van der Waals surface area contributed by atoms with Crippen molar-refractivity contribution in [1.29, 1.82) is 0 Å². The summed E-state index contributed by atoms with van der Waals surface area (Å²) in [4.78, 5) is 55.5. The number of hydrogen-bond acceptors (Lipinski definition) is 6. The van der Waals surface area contributed by atoms with Gasteiger partial charge < -0.3 is 19.3 Å². The maximum atomic E-state index is 13.5. The van der Waals surface area contributed by atoms with E-state index >= 15 is 0 Å². The third kappa shape index (κ3) is 6.90. The van der Waals surface area contributed by atoms with E-state index < -0.39 is 17.4 Å². The average Bonchev–Trinajstić information content (AvgIpc) is 3.51. The number of carbonyl (C=O) groups is 4. The molecule has 0 atom stereocenters. The van der Waals surface area contributed by atoms with Crippen LogP contribution < -0.4 is 0 Å². The van der Waals surface area contributed by atoms with E-state index in [0.29, 0.717) is 24.5 Å². The lowest BCUT2D eigenvalue weighted by Crippen LogP contribution is -2.42. The Hall–Kier alpha value is -4.72. The highest BCUT2D eigenvalue weighted by molar-refractivity contribution is 6.01. The Morgan fingerprint density at radius 1 is 0.659 bits per heavy atom. The molecule has 0 N–H and O–H groups in total. The molecule has 0 aliphatic carbocycles. The Morgan fingerprint density at radius 3 is 1.41 bits per heavy atom. The van der Waals surface area contributed by atoms with Gasteiger partial charge >= 0.3 is 11.9 Å². The second kappa shape index (κ2) is 13.6. The molecule has 2 aromatic rings. The summed E-state index contributed by atoms with van der Waals surface area (Å²) < 4.78 is 10.8. The number of carbonyl (C=O) groups excluding carboxylic acids is 4. The summed E-state index contributed by atoms with van der Waals surface area (Å²) in [7, 11) is 0. The maximum Gasteiger partial charge on any atom is 0.324 e. The fourth-order valence-electron chi connectivity index (χ4n) is 4.75. The number of benzene rings is 2. The Labute approximate surface area is 240 Å². The summed E-state index contributed by atoms with van der Waals surface area (Å²) in [6.07, 6.45) is 9.54. The minimum absolute atomic E-state index is 0.0664. The molecular formula is C33H34N2O6.